The SMILES string of the molecule is CCN(CC)c1ccc2c(c1)OC(=O)C(C=CC(=O)NCc1ccccc1)C2C. The molecule has 2 atom stereocenters. The van der Waals surface area contributed by atoms with Crippen molar-refractivity contribution >= 4 is 17.6 Å². The standard InChI is InChI=1S/C24H28N2O3/c1-4-26(5-2)19-11-12-20-17(3)21(24(28)29-22(20)15-19)13-14-23(27)25-16-18-9-7-6-8-10-18/h6-15,17,21H,4-5,16H2,1-3H3,(H,25,27). The summed E-state index contributed by atoms with van der Waals surface area (Å²) in [4.78, 5) is 26.9. The third kappa shape index (κ3) is 4.86. The number of anilines is 1. The van der Waals surface area contributed by atoms with Gasteiger partial charge in [-0.3, -0.25) is 9.59 Å². The molecular formula is C24H28N2O3. The lowest BCUT2D eigenvalue weighted by Crippen LogP contribution is -2.30. The van der Waals surface area contributed by atoms with Gasteiger partial charge in [-0.1, -0.05) is 49.4 Å². The molecule has 0 aromatic heterocycles. The lowest BCUT2D eigenvalue weighted by Gasteiger charge is -2.29. The van der Waals surface area contributed by atoms with E-state index in [-0.39, 0.29) is 17.8 Å². The molecule has 0 saturated heterocycles. The predicted molar refractivity (Wildman–Crippen MR) is 115 cm³/mol. The lowest BCUT2D eigenvalue weighted by atomic mass is 9.84. The molecule has 2 aromatic carbocycles. The first-order valence-corrected chi connectivity index (χ1v) is 10.1. The summed E-state index contributed by atoms with van der Waals surface area (Å²) in [5, 5.41) is 2.84. The van der Waals surface area contributed by atoms with Gasteiger partial charge in [0.1, 0.15) is 5.75 Å². The molecule has 0 fully saturated rings. The molecule has 3 rings (SSSR count). The highest BCUT2D eigenvalue weighted by Crippen LogP contribution is 2.40. The topological polar surface area (TPSA) is 58.6 Å². The molecule has 29 heavy (non-hydrogen) atoms. The van der Waals surface area contributed by atoms with E-state index in [0.717, 1.165) is 29.9 Å². The van der Waals surface area contributed by atoms with Gasteiger partial charge in [0.2, 0.25) is 5.91 Å². The highest BCUT2D eigenvalue weighted by atomic mass is 16.5. The second-order valence-electron chi connectivity index (χ2n) is 7.19. The molecule has 0 saturated carbocycles. The number of nitrogens with one attached hydrogen (secondary N) is 1. The molecule has 1 heterocycles. The summed E-state index contributed by atoms with van der Waals surface area (Å²) in [5.74, 6) is -0.477. The summed E-state index contributed by atoms with van der Waals surface area (Å²) >= 11 is 0. The Morgan fingerprint density at radius 3 is 2.55 bits per heavy atom. The number of ether oxygens (including phenoxy) is 1. The monoisotopic (exact) mass is 392 g/mol. The van der Waals surface area contributed by atoms with E-state index in [1.807, 2.05) is 49.4 Å². The summed E-state index contributed by atoms with van der Waals surface area (Å²) in [5.41, 5.74) is 3.06. The van der Waals surface area contributed by atoms with Crippen LogP contribution in [0.15, 0.2) is 60.7 Å². The first kappa shape index (κ1) is 20.6. The van der Waals surface area contributed by atoms with Crippen LogP contribution in [0.2, 0.25) is 0 Å². The van der Waals surface area contributed by atoms with Gasteiger partial charge in [0.25, 0.3) is 0 Å². The maximum atomic E-state index is 12.6. The molecule has 1 N–H and O–H groups in total. The van der Waals surface area contributed by atoms with Crippen LogP contribution < -0.4 is 15.0 Å². The number of nitrogens with zero attached hydrogens (tertiary/aromatic N) is 1. The van der Waals surface area contributed by atoms with Gasteiger partial charge in [0.15, 0.2) is 0 Å². The van der Waals surface area contributed by atoms with Crippen molar-refractivity contribution in [2.45, 2.75) is 33.2 Å². The predicted octanol–water partition coefficient (Wildman–Crippen LogP) is 4.04. The first-order chi connectivity index (χ1) is 14.0. The third-order valence-corrected chi connectivity index (χ3v) is 5.40. The molecule has 0 spiro atoms. The number of rotatable bonds is 7. The van der Waals surface area contributed by atoms with Gasteiger partial charge >= 0.3 is 5.97 Å². The fourth-order valence-corrected chi connectivity index (χ4v) is 3.63. The fraction of sp³-hybridized carbons (Fsp3) is 0.333. The summed E-state index contributed by atoms with van der Waals surface area (Å²) < 4.78 is 5.61. The minimum atomic E-state index is -0.482. The van der Waals surface area contributed by atoms with Crippen molar-refractivity contribution in [3.8, 4) is 5.75 Å². The zero-order chi connectivity index (χ0) is 20.8. The molecule has 152 valence electrons. The Morgan fingerprint density at radius 1 is 1.14 bits per heavy atom. The van der Waals surface area contributed by atoms with Crippen molar-refractivity contribution in [2.24, 2.45) is 5.92 Å². The minimum absolute atomic E-state index is 0.0600. The van der Waals surface area contributed by atoms with Crippen molar-refractivity contribution < 1.29 is 14.3 Å². The molecule has 5 nitrogen and oxygen atoms in total. The van der Waals surface area contributed by atoms with E-state index >= 15 is 0 Å². The van der Waals surface area contributed by atoms with Crippen LogP contribution in [-0.2, 0) is 16.1 Å². The summed E-state index contributed by atoms with van der Waals surface area (Å²) in [6.07, 6.45) is 3.08. The van der Waals surface area contributed by atoms with Gasteiger partial charge in [-0.2, -0.15) is 0 Å². The highest BCUT2D eigenvalue weighted by Gasteiger charge is 2.33. The lowest BCUT2D eigenvalue weighted by molar-refractivity contribution is -0.139. The number of benzene rings is 2. The second-order valence-corrected chi connectivity index (χ2v) is 7.19. The highest BCUT2D eigenvalue weighted by molar-refractivity contribution is 5.89. The van der Waals surface area contributed by atoms with Gasteiger partial charge in [0, 0.05) is 37.3 Å². The molecule has 2 aromatic rings. The number of esters is 1. The molecule has 1 amide bonds. The smallest absolute Gasteiger partial charge is 0.318 e. The Morgan fingerprint density at radius 2 is 1.86 bits per heavy atom. The van der Waals surface area contributed by atoms with Crippen LogP contribution in [0.4, 0.5) is 5.69 Å². The Balaban J connectivity index is 1.68. The number of hydrogen-bond donors (Lipinski definition) is 1. The Bertz CT molecular complexity index is 888. The van der Waals surface area contributed by atoms with Crippen LogP contribution in [0.1, 0.15) is 37.8 Å². The first-order valence-electron chi connectivity index (χ1n) is 10.1. The molecule has 5 heteroatoms. The maximum absolute atomic E-state index is 12.6. The summed E-state index contributed by atoms with van der Waals surface area (Å²) in [6.45, 7) is 8.42. The Hall–Kier alpha value is -3.08. The second kappa shape index (κ2) is 9.41. The van der Waals surface area contributed by atoms with Crippen LogP contribution in [0.3, 0.4) is 0 Å². The van der Waals surface area contributed by atoms with Crippen LogP contribution in [0.25, 0.3) is 0 Å². The van der Waals surface area contributed by atoms with Gasteiger partial charge in [-0.25, -0.2) is 0 Å². The van der Waals surface area contributed by atoms with Crippen LogP contribution in [0, 0.1) is 5.92 Å². The average molecular weight is 392 g/mol. The number of fused-ring (bicyclic) bond motifs is 1. The molecule has 0 aliphatic carbocycles. The minimum Gasteiger partial charge on any atom is -0.426 e. The van der Waals surface area contributed by atoms with E-state index in [4.69, 9.17) is 4.74 Å². The quantitative estimate of drug-likeness (QED) is 0.439. The molecule has 0 bridgehead atoms. The molecule has 1 aliphatic rings. The maximum Gasteiger partial charge on any atom is 0.318 e. The van der Waals surface area contributed by atoms with E-state index in [9.17, 15) is 9.59 Å². The van der Waals surface area contributed by atoms with Crippen molar-refractivity contribution in [3.05, 3.63) is 71.8 Å². The summed E-state index contributed by atoms with van der Waals surface area (Å²) in [7, 11) is 0. The Kier molecular flexibility index (Phi) is 6.70. The van der Waals surface area contributed by atoms with Crippen molar-refractivity contribution in [2.75, 3.05) is 18.0 Å². The average Bonchev–Trinajstić information content (AvgIpc) is 2.73. The van der Waals surface area contributed by atoms with Crippen molar-refractivity contribution in [1.29, 1.82) is 0 Å². The van der Waals surface area contributed by atoms with Crippen molar-refractivity contribution in [1.82, 2.24) is 5.32 Å². The van der Waals surface area contributed by atoms with E-state index in [1.165, 1.54) is 6.08 Å². The largest absolute Gasteiger partial charge is 0.426 e. The van der Waals surface area contributed by atoms with Crippen LogP contribution in [-0.4, -0.2) is 25.0 Å². The molecule has 0 radical (unpaired) electrons. The van der Waals surface area contributed by atoms with E-state index in [1.54, 1.807) is 6.08 Å². The number of carbonyl (C=O) groups is 2. The van der Waals surface area contributed by atoms with Crippen molar-refractivity contribution in [3.63, 3.8) is 0 Å². The number of hydrogen-bond acceptors (Lipinski definition) is 4. The van der Waals surface area contributed by atoms with E-state index in [0.29, 0.717) is 12.3 Å². The molecule has 1 aliphatic heterocycles. The normalized spacial score (nSPS) is 18.2. The zero-order valence-electron chi connectivity index (χ0n) is 17.2. The van der Waals surface area contributed by atoms with E-state index < -0.39 is 5.92 Å². The van der Waals surface area contributed by atoms with E-state index in [2.05, 4.69) is 30.1 Å². The Labute approximate surface area is 172 Å². The zero-order valence-corrected chi connectivity index (χ0v) is 17.2. The molecular weight excluding hydrogens is 364 g/mol. The van der Waals surface area contributed by atoms with Gasteiger partial charge in [-0.15, -0.1) is 0 Å². The van der Waals surface area contributed by atoms with Crippen LogP contribution in [0.5, 0.6) is 5.75 Å². The van der Waals surface area contributed by atoms with Gasteiger partial charge < -0.3 is 15.0 Å². The number of carbonyl (C=O) groups excluding carboxylic acids is 2. The van der Waals surface area contributed by atoms with Gasteiger partial charge in [0.05, 0.1) is 5.92 Å². The molecule has 2 unspecified atom stereocenters. The fourth-order valence-electron chi connectivity index (χ4n) is 3.63. The van der Waals surface area contributed by atoms with Gasteiger partial charge in [-0.05, 0) is 37.1 Å². The third-order valence-electron chi connectivity index (χ3n) is 5.40. The van der Waals surface area contributed by atoms with Crippen LogP contribution >= 0.6 is 0 Å². The summed E-state index contributed by atoms with van der Waals surface area (Å²) in [6, 6.07) is 15.7. The number of amides is 1.